The van der Waals surface area contributed by atoms with E-state index in [1.807, 2.05) is 13.1 Å². The third kappa shape index (κ3) is 4.15. The van der Waals surface area contributed by atoms with Crippen molar-refractivity contribution in [3.05, 3.63) is 41.3 Å². The van der Waals surface area contributed by atoms with E-state index in [2.05, 4.69) is 10.4 Å². The van der Waals surface area contributed by atoms with Crippen LogP contribution in [-0.4, -0.2) is 33.3 Å². The van der Waals surface area contributed by atoms with E-state index in [0.29, 0.717) is 11.3 Å². The van der Waals surface area contributed by atoms with Crippen molar-refractivity contribution >= 4 is 11.9 Å². The molecule has 0 atom stereocenters. The van der Waals surface area contributed by atoms with Crippen LogP contribution in [0.4, 0.5) is 4.39 Å². The third-order valence-corrected chi connectivity index (χ3v) is 3.34. The Morgan fingerprint density at radius 3 is 2.74 bits per heavy atom. The van der Waals surface area contributed by atoms with E-state index in [0.717, 1.165) is 18.1 Å². The molecule has 0 saturated carbocycles. The van der Waals surface area contributed by atoms with Crippen molar-refractivity contribution in [1.82, 2.24) is 15.1 Å². The Balaban J connectivity index is 2.28. The maximum absolute atomic E-state index is 13.9. The quantitative estimate of drug-likeness (QED) is 0.853. The van der Waals surface area contributed by atoms with E-state index in [1.54, 1.807) is 17.8 Å². The molecule has 0 unspecified atom stereocenters. The molecule has 0 aliphatic rings. The van der Waals surface area contributed by atoms with Gasteiger partial charge in [0.05, 0.1) is 12.1 Å². The Hall–Kier alpha value is -2.70. The number of carboxylic acids is 1. The molecule has 1 amide bonds. The highest BCUT2D eigenvalue weighted by Gasteiger charge is 2.14. The lowest BCUT2D eigenvalue weighted by Gasteiger charge is -2.07. The van der Waals surface area contributed by atoms with Crippen molar-refractivity contribution in [2.45, 2.75) is 19.8 Å². The Kier molecular flexibility index (Phi) is 5.10. The minimum absolute atomic E-state index is 0.0101. The normalized spacial score (nSPS) is 10.6. The van der Waals surface area contributed by atoms with Gasteiger partial charge < -0.3 is 10.4 Å². The minimum atomic E-state index is -1.01. The summed E-state index contributed by atoms with van der Waals surface area (Å²) in [6.07, 6.45) is 2.40. The van der Waals surface area contributed by atoms with Crippen LogP contribution in [0.5, 0.6) is 0 Å². The number of benzene rings is 1. The van der Waals surface area contributed by atoms with Crippen LogP contribution in [0, 0.1) is 5.82 Å². The second kappa shape index (κ2) is 7.04. The number of carbonyl (C=O) groups excluding carboxylic acids is 1. The number of halogens is 1. The Morgan fingerprint density at radius 1 is 1.35 bits per heavy atom. The molecule has 2 N–H and O–H groups in total. The molecule has 0 bridgehead atoms. The van der Waals surface area contributed by atoms with Gasteiger partial charge in [-0.3, -0.25) is 14.3 Å². The fourth-order valence-electron chi connectivity index (χ4n) is 2.28. The van der Waals surface area contributed by atoms with Gasteiger partial charge in [-0.05, 0) is 30.2 Å². The molecule has 23 heavy (non-hydrogen) atoms. The highest BCUT2D eigenvalue weighted by molar-refractivity contribution is 5.95. The van der Waals surface area contributed by atoms with Crippen LogP contribution in [0.3, 0.4) is 0 Å². The molecule has 7 heteroatoms. The van der Waals surface area contributed by atoms with E-state index >= 15 is 0 Å². The third-order valence-electron chi connectivity index (χ3n) is 3.34. The molecular weight excluding hydrogens is 301 g/mol. The van der Waals surface area contributed by atoms with Gasteiger partial charge in [0.25, 0.3) is 5.91 Å². The predicted octanol–water partition coefficient (Wildman–Crippen LogP) is 1.99. The second-order valence-electron chi connectivity index (χ2n) is 5.16. The zero-order valence-corrected chi connectivity index (χ0v) is 13.0. The summed E-state index contributed by atoms with van der Waals surface area (Å²) < 4.78 is 15.5. The van der Waals surface area contributed by atoms with Crippen LogP contribution in [0.15, 0.2) is 24.4 Å². The molecule has 1 aromatic carbocycles. The van der Waals surface area contributed by atoms with Gasteiger partial charge >= 0.3 is 5.97 Å². The number of nitrogens with one attached hydrogen (secondary N) is 1. The first kappa shape index (κ1) is 16.7. The number of hydrogen-bond donors (Lipinski definition) is 2. The average molecular weight is 319 g/mol. The van der Waals surface area contributed by atoms with Gasteiger partial charge in [0.2, 0.25) is 0 Å². The molecule has 2 aromatic rings. The second-order valence-corrected chi connectivity index (χ2v) is 5.16. The number of aryl methyl sites for hydroxylation is 2. The van der Waals surface area contributed by atoms with Crippen molar-refractivity contribution < 1.29 is 19.1 Å². The monoisotopic (exact) mass is 319 g/mol. The number of nitrogens with zero attached hydrogens (tertiary/aromatic N) is 2. The number of hydrogen-bond acceptors (Lipinski definition) is 3. The predicted molar refractivity (Wildman–Crippen MR) is 82.6 cm³/mol. The zero-order valence-electron chi connectivity index (χ0n) is 13.0. The fourth-order valence-corrected chi connectivity index (χ4v) is 2.28. The summed E-state index contributed by atoms with van der Waals surface area (Å²) in [7, 11) is 1.78. The summed E-state index contributed by atoms with van der Waals surface area (Å²) in [5, 5.41) is 15.3. The average Bonchev–Trinajstić information content (AvgIpc) is 2.87. The maximum Gasteiger partial charge on any atom is 0.305 e. The molecular formula is C16H18FN3O3. The van der Waals surface area contributed by atoms with E-state index in [9.17, 15) is 14.0 Å². The fraction of sp³-hybridized carbons (Fsp3) is 0.312. The molecule has 1 heterocycles. The summed E-state index contributed by atoms with van der Waals surface area (Å²) in [4.78, 5) is 22.5. The standard InChI is InChI=1S/C16H18FN3O3/c1-3-10-9-20(2)19-15(10)11-6-12(8-13(17)7-11)16(23)18-5-4-14(21)22/h6-9H,3-5H2,1-2H3,(H,18,23)(H,21,22). The van der Waals surface area contributed by atoms with Gasteiger partial charge in [-0.15, -0.1) is 0 Å². The van der Waals surface area contributed by atoms with Crippen LogP contribution < -0.4 is 5.32 Å². The first-order valence-corrected chi connectivity index (χ1v) is 7.24. The molecule has 0 fully saturated rings. The van der Waals surface area contributed by atoms with Crippen LogP contribution in [-0.2, 0) is 18.3 Å². The van der Waals surface area contributed by atoms with Crippen molar-refractivity contribution in [3.8, 4) is 11.3 Å². The molecule has 6 nitrogen and oxygen atoms in total. The first-order valence-electron chi connectivity index (χ1n) is 7.24. The van der Waals surface area contributed by atoms with E-state index < -0.39 is 17.7 Å². The number of carbonyl (C=O) groups is 2. The molecule has 0 aliphatic heterocycles. The van der Waals surface area contributed by atoms with Crippen molar-refractivity contribution in [3.63, 3.8) is 0 Å². The smallest absolute Gasteiger partial charge is 0.305 e. The van der Waals surface area contributed by atoms with E-state index in [-0.39, 0.29) is 18.5 Å². The first-order chi connectivity index (χ1) is 10.9. The van der Waals surface area contributed by atoms with Crippen LogP contribution in [0.2, 0.25) is 0 Å². The lowest BCUT2D eigenvalue weighted by atomic mass is 10.0. The largest absolute Gasteiger partial charge is 0.481 e. The SMILES string of the molecule is CCc1cn(C)nc1-c1cc(F)cc(C(=O)NCCC(=O)O)c1. The Morgan fingerprint density at radius 2 is 2.09 bits per heavy atom. The van der Waals surface area contributed by atoms with Gasteiger partial charge in [-0.25, -0.2) is 4.39 Å². The highest BCUT2D eigenvalue weighted by Crippen LogP contribution is 2.24. The topological polar surface area (TPSA) is 84.2 Å². The summed E-state index contributed by atoms with van der Waals surface area (Å²) >= 11 is 0. The molecule has 0 radical (unpaired) electrons. The highest BCUT2D eigenvalue weighted by atomic mass is 19.1. The van der Waals surface area contributed by atoms with Crippen molar-refractivity contribution in [2.24, 2.45) is 7.05 Å². The van der Waals surface area contributed by atoms with E-state index in [4.69, 9.17) is 5.11 Å². The summed E-state index contributed by atoms with van der Waals surface area (Å²) in [5.74, 6) is -2.06. The lowest BCUT2D eigenvalue weighted by Crippen LogP contribution is -2.26. The number of aromatic nitrogens is 2. The minimum Gasteiger partial charge on any atom is -0.481 e. The number of amides is 1. The molecule has 0 spiro atoms. The van der Waals surface area contributed by atoms with Gasteiger partial charge in [-0.2, -0.15) is 5.10 Å². The van der Waals surface area contributed by atoms with Gasteiger partial charge in [0, 0.05) is 30.9 Å². The van der Waals surface area contributed by atoms with Crippen LogP contribution in [0.1, 0.15) is 29.3 Å². The summed E-state index contributed by atoms with van der Waals surface area (Å²) in [5.41, 5.74) is 2.24. The Bertz CT molecular complexity index is 740. The number of rotatable bonds is 6. The molecule has 0 aliphatic carbocycles. The van der Waals surface area contributed by atoms with Gasteiger partial charge in [-0.1, -0.05) is 6.92 Å². The van der Waals surface area contributed by atoms with Crippen LogP contribution >= 0.6 is 0 Å². The zero-order chi connectivity index (χ0) is 17.0. The Labute approximate surface area is 132 Å². The van der Waals surface area contributed by atoms with Gasteiger partial charge in [0.15, 0.2) is 0 Å². The van der Waals surface area contributed by atoms with E-state index in [1.165, 1.54) is 6.07 Å². The molecule has 2 rings (SSSR count). The number of carboxylic acid groups (broad SMARTS) is 1. The maximum atomic E-state index is 13.9. The molecule has 1 aromatic heterocycles. The van der Waals surface area contributed by atoms with Crippen LogP contribution in [0.25, 0.3) is 11.3 Å². The summed E-state index contributed by atoms with van der Waals surface area (Å²) in [6, 6.07) is 4.00. The van der Waals surface area contributed by atoms with Crippen molar-refractivity contribution in [1.29, 1.82) is 0 Å². The molecule has 122 valence electrons. The molecule has 0 saturated heterocycles. The lowest BCUT2D eigenvalue weighted by molar-refractivity contribution is -0.136. The summed E-state index contributed by atoms with van der Waals surface area (Å²) in [6.45, 7) is 1.96. The van der Waals surface area contributed by atoms with Gasteiger partial charge in [0.1, 0.15) is 5.82 Å². The number of aliphatic carboxylic acids is 1. The van der Waals surface area contributed by atoms with Crippen molar-refractivity contribution in [2.75, 3.05) is 6.54 Å².